The Morgan fingerprint density at radius 3 is 2.61 bits per heavy atom. The van der Waals surface area contributed by atoms with Gasteiger partial charge in [-0.1, -0.05) is 6.07 Å². The number of rotatable bonds is 7. The van der Waals surface area contributed by atoms with Crippen LogP contribution in [0.1, 0.15) is 16.0 Å². The summed E-state index contributed by atoms with van der Waals surface area (Å²) in [6.07, 6.45) is 2.70. The van der Waals surface area contributed by atoms with Gasteiger partial charge in [0, 0.05) is 22.2 Å². The van der Waals surface area contributed by atoms with Gasteiger partial charge in [-0.3, -0.25) is 9.71 Å². The first-order valence-electron chi connectivity index (χ1n) is 10.4. The molecule has 0 unspecified atom stereocenters. The van der Waals surface area contributed by atoms with Gasteiger partial charge in [0.15, 0.2) is 33.3 Å². The van der Waals surface area contributed by atoms with Crippen LogP contribution in [0.4, 0.5) is 19.6 Å². The van der Waals surface area contributed by atoms with E-state index < -0.39 is 21.7 Å². The Kier molecular flexibility index (Phi) is 7.00. The summed E-state index contributed by atoms with van der Waals surface area (Å²) in [4.78, 5) is 13.2. The monoisotopic (exact) mass is 530 g/mol. The second-order valence-corrected chi connectivity index (χ2v) is 10.4. The fourth-order valence-corrected chi connectivity index (χ4v) is 5.60. The van der Waals surface area contributed by atoms with Crippen molar-refractivity contribution < 1.29 is 27.0 Å². The SMILES string of the molecule is COc1cccc(C=Nc2cnc(S(=O)(=O)Nc3nc(-c4ccc(F)c(F)c4)c(C)s3)c(C)c2)c1O. The van der Waals surface area contributed by atoms with Crippen molar-refractivity contribution in [3.05, 3.63) is 76.3 Å². The fraction of sp³-hybridized carbons (Fsp3) is 0.125. The molecule has 0 aliphatic carbocycles. The summed E-state index contributed by atoms with van der Waals surface area (Å²) in [6, 6.07) is 9.85. The number of para-hydroxylation sites is 1. The van der Waals surface area contributed by atoms with Gasteiger partial charge in [0.2, 0.25) is 0 Å². The Morgan fingerprint density at radius 1 is 1.14 bits per heavy atom. The predicted molar refractivity (Wildman–Crippen MR) is 134 cm³/mol. The minimum absolute atomic E-state index is 0.0593. The third-order valence-electron chi connectivity index (χ3n) is 5.08. The molecule has 0 aliphatic rings. The lowest BCUT2D eigenvalue weighted by atomic mass is 10.1. The first-order valence-corrected chi connectivity index (χ1v) is 12.7. The molecule has 12 heteroatoms. The first-order chi connectivity index (χ1) is 17.1. The van der Waals surface area contributed by atoms with Crippen LogP contribution in [-0.2, 0) is 10.0 Å². The molecular weight excluding hydrogens is 510 g/mol. The maximum atomic E-state index is 13.6. The number of pyridine rings is 1. The third-order valence-corrected chi connectivity index (χ3v) is 7.50. The van der Waals surface area contributed by atoms with Gasteiger partial charge in [0.1, 0.15) is 0 Å². The molecule has 186 valence electrons. The van der Waals surface area contributed by atoms with Crippen LogP contribution in [0.2, 0.25) is 0 Å². The van der Waals surface area contributed by atoms with Gasteiger partial charge in [-0.2, -0.15) is 8.42 Å². The third kappa shape index (κ3) is 5.19. The van der Waals surface area contributed by atoms with Crippen LogP contribution in [0.15, 0.2) is 58.7 Å². The van der Waals surface area contributed by atoms with Crippen LogP contribution in [0, 0.1) is 25.5 Å². The number of benzene rings is 2. The van der Waals surface area contributed by atoms with Crippen LogP contribution in [0.5, 0.6) is 11.5 Å². The Morgan fingerprint density at radius 2 is 1.92 bits per heavy atom. The summed E-state index contributed by atoms with van der Waals surface area (Å²) in [6.45, 7) is 3.27. The molecule has 0 radical (unpaired) electrons. The number of nitrogens with zero attached hydrogens (tertiary/aromatic N) is 3. The predicted octanol–water partition coefficient (Wildman–Crippen LogP) is 5.37. The maximum Gasteiger partial charge on any atom is 0.281 e. The molecule has 4 aromatic rings. The molecule has 0 spiro atoms. The molecule has 2 aromatic carbocycles. The summed E-state index contributed by atoms with van der Waals surface area (Å²) in [5.41, 5.74) is 1.79. The van der Waals surface area contributed by atoms with Crippen molar-refractivity contribution in [2.45, 2.75) is 18.9 Å². The van der Waals surface area contributed by atoms with Crippen LogP contribution in [0.3, 0.4) is 0 Å². The van der Waals surface area contributed by atoms with Gasteiger partial charge in [-0.15, -0.1) is 11.3 Å². The van der Waals surface area contributed by atoms with Crippen molar-refractivity contribution in [2.75, 3.05) is 11.8 Å². The molecule has 0 atom stereocenters. The number of hydrogen-bond acceptors (Lipinski definition) is 8. The summed E-state index contributed by atoms with van der Waals surface area (Å²) >= 11 is 1.06. The van der Waals surface area contributed by atoms with Crippen molar-refractivity contribution in [3.63, 3.8) is 0 Å². The zero-order chi connectivity index (χ0) is 26.0. The van der Waals surface area contributed by atoms with Crippen molar-refractivity contribution in [2.24, 2.45) is 4.99 Å². The number of phenols is 1. The van der Waals surface area contributed by atoms with Gasteiger partial charge >= 0.3 is 0 Å². The van der Waals surface area contributed by atoms with E-state index in [0.29, 0.717) is 38.7 Å². The van der Waals surface area contributed by atoms with Crippen molar-refractivity contribution in [3.8, 4) is 22.8 Å². The molecule has 0 amide bonds. The molecule has 8 nitrogen and oxygen atoms in total. The minimum atomic E-state index is -4.10. The number of halogens is 2. The maximum absolute atomic E-state index is 13.6. The van der Waals surface area contributed by atoms with E-state index in [1.54, 1.807) is 32.0 Å². The largest absolute Gasteiger partial charge is 0.504 e. The molecule has 0 fully saturated rings. The summed E-state index contributed by atoms with van der Waals surface area (Å²) < 4.78 is 60.3. The van der Waals surface area contributed by atoms with Crippen molar-refractivity contribution in [1.82, 2.24) is 9.97 Å². The number of nitrogens with one attached hydrogen (secondary N) is 1. The highest BCUT2D eigenvalue weighted by Crippen LogP contribution is 2.33. The highest BCUT2D eigenvalue weighted by atomic mass is 32.2. The highest BCUT2D eigenvalue weighted by molar-refractivity contribution is 7.92. The molecule has 0 saturated heterocycles. The average Bonchev–Trinajstić information content (AvgIpc) is 3.19. The molecule has 36 heavy (non-hydrogen) atoms. The molecule has 0 bridgehead atoms. The van der Waals surface area contributed by atoms with E-state index in [-0.39, 0.29) is 15.9 Å². The van der Waals surface area contributed by atoms with E-state index in [0.717, 1.165) is 23.5 Å². The lowest BCUT2D eigenvalue weighted by Gasteiger charge is -2.08. The Hall–Kier alpha value is -3.90. The summed E-state index contributed by atoms with van der Waals surface area (Å²) in [7, 11) is -2.66. The van der Waals surface area contributed by atoms with Crippen molar-refractivity contribution >= 4 is 38.4 Å². The molecule has 0 aliphatic heterocycles. The Labute approximate surface area is 210 Å². The molecule has 0 saturated carbocycles. The minimum Gasteiger partial charge on any atom is -0.504 e. The quantitative estimate of drug-likeness (QED) is 0.311. The van der Waals surface area contributed by atoms with E-state index in [1.807, 2.05) is 0 Å². The number of anilines is 1. The lowest BCUT2D eigenvalue weighted by Crippen LogP contribution is -2.15. The number of thiazole rings is 1. The number of aromatic hydroxyl groups is 1. The Balaban J connectivity index is 1.56. The van der Waals surface area contributed by atoms with Gasteiger partial charge in [-0.25, -0.2) is 18.7 Å². The molecule has 2 aromatic heterocycles. The zero-order valence-electron chi connectivity index (χ0n) is 19.3. The second-order valence-electron chi connectivity index (χ2n) is 7.63. The number of aryl methyl sites for hydroxylation is 2. The number of aliphatic imine (C=N–C) groups is 1. The zero-order valence-corrected chi connectivity index (χ0v) is 20.9. The number of hydrogen-bond donors (Lipinski definition) is 2. The first kappa shape index (κ1) is 25.2. The van der Waals surface area contributed by atoms with Gasteiger partial charge in [-0.05, 0) is 55.8 Å². The second kappa shape index (κ2) is 9.99. The molecular formula is C24H20F2N4O4S2. The van der Waals surface area contributed by atoms with Crippen LogP contribution in [0.25, 0.3) is 11.3 Å². The number of phenolic OH excluding ortho intramolecular Hbond substituents is 1. The normalized spacial score (nSPS) is 11.7. The molecule has 2 heterocycles. The smallest absolute Gasteiger partial charge is 0.281 e. The van der Waals surface area contributed by atoms with E-state index in [2.05, 4.69) is 19.7 Å². The van der Waals surface area contributed by atoms with Crippen LogP contribution < -0.4 is 9.46 Å². The topological polar surface area (TPSA) is 114 Å². The van der Waals surface area contributed by atoms with Crippen LogP contribution in [-0.4, -0.2) is 36.8 Å². The average molecular weight is 531 g/mol. The van der Waals surface area contributed by atoms with E-state index in [4.69, 9.17) is 4.74 Å². The standard InChI is InChI=1S/C24H20F2N4O4S2/c1-13-9-17(27-11-16-5-4-6-20(34-3)22(16)31)12-28-23(13)36(32,33)30-24-29-21(14(2)35-24)15-7-8-18(25)19(26)10-15/h4-12,31H,1-3H3,(H,29,30). The van der Waals surface area contributed by atoms with Crippen LogP contribution >= 0.6 is 11.3 Å². The summed E-state index contributed by atoms with van der Waals surface area (Å²) in [5.74, 6) is -1.78. The van der Waals surface area contributed by atoms with E-state index in [9.17, 15) is 22.3 Å². The van der Waals surface area contributed by atoms with Gasteiger partial charge in [0.25, 0.3) is 10.0 Å². The van der Waals surface area contributed by atoms with E-state index >= 15 is 0 Å². The van der Waals surface area contributed by atoms with Gasteiger partial charge in [0.05, 0.1) is 24.7 Å². The number of methoxy groups -OCH3 is 1. The number of sulfonamides is 1. The highest BCUT2D eigenvalue weighted by Gasteiger charge is 2.22. The number of aromatic nitrogens is 2. The van der Waals surface area contributed by atoms with Gasteiger partial charge < -0.3 is 9.84 Å². The lowest BCUT2D eigenvalue weighted by molar-refractivity contribution is 0.373. The fourth-order valence-electron chi connectivity index (χ4n) is 3.37. The Bertz CT molecular complexity index is 1590. The van der Waals surface area contributed by atoms with Crippen molar-refractivity contribution in [1.29, 1.82) is 0 Å². The molecule has 4 rings (SSSR count). The summed E-state index contributed by atoms with van der Waals surface area (Å²) in [5, 5.41) is 10.0. The van der Waals surface area contributed by atoms with E-state index in [1.165, 1.54) is 31.7 Å². The molecule has 2 N–H and O–H groups in total. The number of ether oxygens (including phenoxy) is 1.